The molecular formula is C72H127O11P. The first-order valence-electron chi connectivity index (χ1n) is 34.5. The molecule has 84 heavy (non-hydrogen) atoms. The highest BCUT2D eigenvalue weighted by Gasteiger charge is 2.28. The van der Waals surface area contributed by atoms with Crippen LogP contribution in [-0.2, 0) is 42.2 Å². The van der Waals surface area contributed by atoms with Crippen molar-refractivity contribution in [3.63, 3.8) is 0 Å². The lowest BCUT2D eigenvalue weighted by Gasteiger charge is -2.21. The number of carbonyl (C=O) groups is 3. The number of carbonyl (C=O) groups excluding carboxylic acids is 3. The Bertz CT molecular complexity index is 1730. The smallest absolute Gasteiger partial charge is 0.462 e. The molecule has 0 bridgehead atoms. The van der Waals surface area contributed by atoms with Crippen molar-refractivity contribution in [2.45, 2.75) is 328 Å². The highest BCUT2D eigenvalue weighted by molar-refractivity contribution is 7.47. The molecule has 0 heterocycles. The van der Waals surface area contributed by atoms with Crippen LogP contribution in [0, 0.1) is 0 Å². The molecule has 0 aromatic carbocycles. The summed E-state index contributed by atoms with van der Waals surface area (Å²) in [5.41, 5.74) is 0. The van der Waals surface area contributed by atoms with Crippen molar-refractivity contribution < 1.29 is 52.2 Å². The number of hydrogen-bond acceptors (Lipinski definition) is 10. The van der Waals surface area contributed by atoms with E-state index >= 15 is 0 Å². The number of ether oxygens (including phenoxy) is 3. The third-order valence-electron chi connectivity index (χ3n) is 14.8. The zero-order valence-electron chi connectivity index (χ0n) is 54.1. The third-order valence-corrected chi connectivity index (χ3v) is 15.7. The predicted octanol–water partition coefficient (Wildman–Crippen LogP) is 21.4. The van der Waals surface area contributed by atoms with Gasteiger partial charge in [-0.3, -0.25) is 23.4 Å². The average molecular weight is 1200 g/mol. The molecule has 0 aliphatic carbocycles. The Morgan fingerprint density at radius 2 is 0.619 bits per heavy atom. The lowest BCUT2D eigenvalue weighted by atomic mass is 10.1. The zero-order valence-corrected chi connectivity index (χ0v) is 55.0. The van der Waals surface area contributed by atoms with E-state index in [1.807, 2.05) is 0 Å². The van der Waals surface area contributed by atoms with Gasteiger partial charge in [0.25, 0.3) is 0 Å². The molecule has 2 N–H and O–H groups in total. The first-order valence-corrected chi connectivity index (χ1v) is 36.0. The second kappa shape index (κ2) is 65.6. The van der Waals surface area contributed by atoms with Crippen LogP contribution < -0.4 is 0 Å². The third kappa shape index (κ3) is 63.2. The van der Waals surface area contributed by atoms with Gasteiger partial charge in [-0.1, -0.05) is 266 Å². The van der Waals surface area contributed by atoms with E-state index in [-0.39, 0.29) is 25.9 Å². The maximum Gasteiger partial charge on any atom is 0.472 e. The average Bonchev–Trinajstić information content (AvgIpc) is 3.55. The lowest BCUT2D eigenvalue weighted by Crippen LogP contribution is -2.30. The number of phosphoric ester groups is 1. The summed E-state index contributed by atoms with van der Waals surface area (Å²) in [4.78, 5) is 48.9. The summed E-state index contributed by atoms with van der Waals surface area (Å²) in [5.74, 6) is -1.50. The van der Waals surface area contributed by atoms with Gasteiger partial charge >= 0.3 is 25.7 Å². The Balaban J connectivity index is 4.72. The fourth-order valence-corrected chi connectivity index (χ4v) is 10.3. The van der Waals surface area contributed by atoms with E-state index in [0.717, 1.165) is 89.9 Å². The van der Waals surface area contributed by atoms with Crippen LogP contribution >= 0.6 is 7.82 Å². The molecule has 0 radical (unpaired) electrons. The summed E-state index contributed by atoms with van der Waals surface area (Å²) in [5, 5.41) is 9.88. The van der Waals surface area contributed by atoms with E-state index in [1.54, 1.807) is 0 Å². The topological polar surface area (TPSA) is 155 Å². The summed E-state index contributed by atoms with van der Waals surface area (Å²) >= 11 is 0. The molecular weight excluding hydrogens is 1070 g/mol. The number of aliphatic hydroxyl groups excluding tert-OH is 1. The van der Waals surface area contributed by atoms with Gasteiger partial charge in [-0.2, -0.15) is 0 Å². The van der Waals surface area contributed by atoms with E-state index in [1.165, 1.54) is 167 Å². The van der Waals surface area contributed by atoms with Crippen LogP contribution in [-0.4, -0.2) is 66.5 Å². The van der Waals surface area contributed by atoms with E-state index in [2.05, 4.69) is 106 Å². The number of phosphoric acid groups is 1. The van der Waals surface area contributed by atoms with Crippen molar-refractivity contribution in [2.24, 2.45) is 0 Å². The van der Waals surface area contributed by atoms with Crippen LogP contribution in [0.2, 0.25) is 0 Å². The highest BCUT2D eigenvalue weighted by atomic mass is 31.2. The van der Waals surface area contributed by atoms with Crippen molar-refractivity contribution in [2.75, 3.05) is 26.4 Å². The van der Waals surface area contributed by atoms with Gasteiger partial charge in [0, 0.05) is 19.3 Å². The van der Waals surface area contributed by atoms with E-state index < -0.39 is 57.8 Å². The van der Waals surface area contributed by atoms with Crippen LogP contribution in [0.5, 0.6) is 0 Å². The van der Waals surface area contributed by atoms with Crippen LogP contribution in [0.25, 0.3) is 0 Å². The second-order valence-electron chi connectivity index (χ2n) is 23.0. The minimum atomic E-state index is -4.77. The monoisotopic (exact) mass is 1200 g/mol. The molecule has 0 fully saturated rings. The van der Waals surface area contributed by atoms with E-state index in [0.29, 0.717) is 19.3 Å². The Hall–Kier alpha value is -3.34. The number of aliphatic hydroxyl groups is 1. The fraction of sp³-hybridized carbons (Fsp3) is 0.764. The van der Waals surface area contributed by atoms with Gasteiger partial charge in [-0.05, 0) is 116 Å². The van der Waals surface area contributed by atoms with Crippen molar-refractivity contribution in [1.29, 1.82) is 0 Å². The Morgan fingerprint density at radius 3 is 0.976 bits per heavy atom. The molecule has 3 unspecified atom stereocenters. The molecule has 0 saturated carbocycles. The van der Waals surface area contributed by atoms with Gasteiger partial charge in [0.15, 0.2) is 6.10 Å². The molecule has 0 aromatic heterocycles. The Labute approximate surface area is 515 Å². The van der Waals surface area contributed by atoms with Crippen molar-refractivity contribution >= 4 is 25.7 Å². The van der Waals surface area contributed by atoms with E-state index in [9.17, 15) is 28.9 Å². The molecule has 0 saturated heterocycles. The minimum Gasteiger partial charge on any atom is -0.462 e. The summed E-state index contributed by atoms with van der Waals surface area (Å²) in [6.07, 6.45) is 78.2. The molecule has 486 valence electrons. The number of unbranched alkanes of at least 4 members (excludes halogenated alkanes) is 33. The number of allylic oxidation sites excluding steroid dienone is 14. The van der Waals surface area contributed by atoms with Gasteiger partial charge in [0.05, 0.1) is 19.8 Å². The number of esters is 3. The van der Waals surface area contributed by atoms with Gasteiger partial charge in [-0.15, -0.1) is 0 Å². The zero-order chi connectivity index (χ0) is 61.2. The molecule has 11 nitrogen and oxygen atoms in total. The van der Waals surface area contributed by atoms with Gasteiger partial charge in [0.1, 0.15) is 12.7 Å². The number of hydrogen-bond donors (Lipinski definition) is 2. The first kappa shape index (κ1) is 80.7. The summed E-state index contributed by atoms with van der Waals surface area (Å²) < 4.78 is 39.8. The summed E-state index contributed by atoms with van der Waals surface area (Å²) in [6.45, 7) is 4.54. The number of rotatable bonds is 64. The fourth-order valence-electron chi connectivity index (χ4n) is 9.55. The van der Waals surface area contributed by atoms with Crippen molar-refractivity contribution in [3.05, 3.63) is 85.1 Å². The van der Waals surface area contributed by atoms with E-state index in [4.69, 9.17) is 23.3 Å². The van der Waals surface area contributed by atoms with Crippen molar-refractivity contribution in [1.82, 2.24) is 0 Å². The maximum atomic E-state index is 13.0. The highest BCUT2D eigenvalue weighted by Crippen LogP contribution is 2.43. The SMILES string of the molecule is CC/C=C\C/C=C\C/C=C\C/C=C\C/C=C\CCCCCC(=O)OCC(COP(=O)(O)OCC(CO)OC(=O)CCCCCCCCCCC/C=C\CCCCCCCC)OC(=O)CCCCCCCCCCC/C=C\CCCCCCCC. The minimum absolute atomic E-state index is 0.156. The quantitative estimate of drug-likeness (QED) is 0.0197. The second-order valence-corrected chi connectivity index (χ2v) is 24.4. The Kier molecular flexibility index (Phi) is 63.0. The standard InChI is InChI=1S/C72H127O11P/c1-4-7-10-13-16-19-22-25-28-31-34-37-40-43-46-49-52-55-58-61-70(74)79-65-69(83-72(76)63-60-57-54-51-48-45-42-39-36-33-30-27-24-21-18-15-12-9-6-3)67-81-84(77,78)80-66-68(64-73)82-71(75)62-59-56-53-50-47-44-41-38-35-32-29-26-23-20-17-14-11-8-5-2/h7,10,16,19,25-30,34,37,43,46,68-69,73H,4-6,8-9,11-15,17-18,20-24,31-33,35-36,38-42,44-45,47-67H2,1-3H3,(H,77,78)/b10-7-,19-16-,28-25-,29-26-,30-27-,37-34-,46-43-. The van der Waals surface area contributed by atoms with Gasteiger partial charge in [-0.25, -0.2) is 4.57 Å². The largest absolute Gasteiger partial charge is 0.472 e. The predicted molar refractivity (Wildman–Crippen MR) is 353 cm³/mol. The molecule has 0 aliphatic rings. The molecule has 3 atom stereocenters. The van der Waals surface area contributed by atoms with Crippen LogP contribution in [0.3, 0.4) is 0 Å². The molecule has 0 aliphatic heterocycles. The lowest BCUT2D eigenvalue weighted by molar-refractivity contribution is -0.161. The van der Waals surface area contributed by atoms with Crippen LogP contribution in [0.4, 0.5) is 0 Å². The summed E-state index contributed by atoms with van der Waals surface area (Å²) in [7, 11) is -4.77. The molecule has 0 aromatic rings. The molecule has 0 spiro atoms. The summed E-state index contributed by atoms with van der Waals surface area (Å²) in [6, 6.07) is 0. The van der Waals surface area contributed by atoms with Crippen LogP contribution in [0.1, 0.15) is 316 Å². The Morgan fingerprint density at radius 1 is 0.345 bits per heavy atom. The normalized spacial score (nSPS) is 13.7. The first-order chi connectivity index (χ1) is 41.2. The maximum absolute atomic E-state index is 13.0. The van der Waals surface area contributed by atoms with Crippen molar-refractivity contribution in [3.8, 4) is 0 Å². The molecule has 0 amide bonds. The van der Waals surface area contributed by atoms with Crippen LogP contribution in [0.15, 0.2) is 85.1 Å². The van der Waals surface area contributed by atoms with Gasteiger partial charge in [0.2, 0.25) is 0 Å². The van der Waals surface area contributed by atoms with Gasteiger partial charge < -0.3 is 24.2 Å². The molecule has 12 heteroatoms. The molecule has 0 rings (SSSR count).